The Balaban J connectivity index is 1.74. The molecular weight excluding hydrogens is 262 g/mol. The van der Waals surface area contributed by atoms with Gasteiger partial charge in [0.1, 0.15) is 0 Å². The fraction of sp³-hybridized carbons (Fsp3) is 0.571. The minimum atomic E-state index is 0.505. The Morgan fingerprint density at radius 3 is 2.25 bits per heavy atom. The normalized spacial score (nSPS) is 23.6. The Morgan fingerprint density at radius 2 is 1.69 bits per heavy atom. The van der Waals surface area contributed by atoms with Crippen molar-refractivity contribution in [1.82, 2.24) is 4.90 Å². The van der Waals surface area contributed by atoms with Crippen molar-refractivity contribution in [3.05, 3.63) is 34.3 Å². The van der Waals surface area contributed by atoms with E-state index >= 15 is 0 Å². The molecule has 1 nitrogen and oxygen atoms in total. The number of nitrogens with zero attached hydrogens (tertiary/aromatic N) is 1. The Kier molecular flexibility index (Phi) is 2.80. The first kappa shape index (κ1) is 10.8. The summed E-state index contributed by atoms with van der Waals surface area (Å²) < 4.78 is 1.19. The molecule has 0 amide bonds. The highest BCUT2D eigenvalue weighted by Crippen LogP contribution is 2.49. The van der Waals surface area contributed by atoms with E-state index in [2.05, 4.69) is 45.1 Å². The zero-order valence-corrected chi connectivity index (χ0v) is 11.2. The van der Waals surface area contributed by atoms with Crippen LogP contribution in [0.3, 0.4) is 0 Å². The van der Waals surface area contributed by atoms with E-state index in [-0.39, 0.29) is 0 Å². The van der Waals surface area contributed by atoms with Crippen molar-refractivity contribution in [2.45, 2.75) is 31.1 Å². The topological polar surface area (TPSA) is 3.24 Å². The molecule has 1 aromatic carbocycles. The van der Waals surface area contributed by atoms with Crippen LogP contribution in [0.1, 0.15) is 31.2 Å². The van der Waals surface area contributed by atoms with Crippen LogP contribution in [-0.4, -0.2) is 24.5 Å². The summed E-state index contributed by atoms with van der Waals surface area (Å²) in [7, 11) is 0. The van der Waals surface area contributed by atoms with Crippen LogP contribution < -0.4 is 0 Å². The van der Waals surface area contributed by atoms with Gasteiger partial charge in [0.2, 0.25) is 0 Å². The van der Waals surface area contributed by atoms with E-state index in [0.29, 0.717) is 5.41 Å². The number of halogens is 1. The summed E-state index contributed by atoms with van der Waals surface area (Å²) in [6.45, 7) is 3.92. The lowest BCUT2D eigenvalue weighted by atomic mass is 9.95. The first-order valence-electron chi connectivity index (χ1n) is 6.27. The summed E-state index contributed by atoms with van der Waals surface area (Å²) in [4.78, 5) is 2.65. The van der Waals surface area contributed by atoms with Crippen molar-refractivity contribution in [2.75, 3.05) is 19.6 Å². The van der Waals surface area contributed by atoms with Gasteiger partial charge in [-0.3, -0.25) is 0 Å². The minimum absolute atomic E-state index is 0.505. The fourth-order valence-corrected chi connectivity index (χ4v) is 3.13. The average Bonchev–Trinajstić information content (AvgIpc) is 2.88. The van der Waals surface area contributed by atoms with E-state index in [4.69, 9.17) is 0 Å². The quantitative estimate of drug-likeness (QED) is 0.818. The summed E-state index contributed by atoms with van der Waals surface area (Å²) in [5, 5.41) is 0. The lowest BCUT2D eigenvalue weighted by Gasteiger charge is -2.23. The van der Waals surface area contributed by atoms with Gasteiger partial charge in [-0.1, -0.05) is 28.1 Å². The highest BCUT2D eigenvalue weighted by molar-refractivity contribution is 9.10. The Hall–Kier alpha value is -0.340. The van der Waals surface area contributed by atoms with Gasteiger partial charge in [0.05, 0.1) is 0 Å². The predicted molar refractivity (Wildman–Crippen MR) is 70.7 cm³/mol. The van der Waals surface area contributed by atoms with Crippen LogP contribution in [0, 0.1) is 0 Å². The van der Waals surface area contributed by atoms with Gasteiger partial charge in [0, 0.05) is 16.4 Å². The molecular formula is C14H18BrN. The standard InChI is InChI=1S/C14H18BrN/c15-13-5-3-12(4-6-13)14(7-8-14)11-16-9-1-2-10-16/h3-6H,1-2,7-11H2. The molecule has 0 unspecified atom stereocenters. The van der Waals surface area contributed by atoms with E-state index in [1.807, 2.05) is 0 Å². The zero-order chi connectivity index (χ0) is 11.0. The average molecular weight is 280 g/mol. The second kappa shape index (κ2) is 4.15. The second-order valence-corrected chi connectivity index (χ2v) is 6.19. The maximum absolute atomic E-state index is 3.51. The van der Waals surface area contributed by atoms with Gasteiger partial charge in [-0.15, -0.1) is 0 Å². The van der Waals surface area contributed by atoms with E-state index in [1.54, 1.807) is 5.56 Å². The third-order valence-electron chi connectivity index (χ3n) is 4.04. The lowest BCUT2D eigenvalue weighted by molar-refractivity contribution is 0.305. The molecule has 1 aromatic rings. The van der Waals surface area contributed by atoms with E-state index in [0.717, 1.165) is 0 Å². The highest BCUT2D eigenvalue weighted by atomic mass is 79.9. The highest BCUT2D eigenvalue weighted by Gasteiger charge is 2.45. The summed E-state index contributed by atoms with van der Waals surface area (Å²) in [6, 6.07) is 8.96. The molecule has 2 heteroatoms. The van der Waals surface area contributed by atoms with Gasteiger partial charge in [-0.2, -0.15) is 0 Å². The van der Waals surface area contributed by atoms with Gasteiger partial charge in [0.25, 0.3) is 0 Å². The largest absolute Gasteiger partial charge is 0.302 e. The van der Waals surface area contributed by atoms with Gasteiger partial charge in [-0.25, -0.2) is 0 Å². The third kappa shape index (κ3) is 2.05. The molecule has 0 atom stereocenters. The summed E-state index contributed by atoms with van der Waals surface area (Å²) in [6.07, 6.45) is 5.56. The molecule has 1 aliphatic heterocycles. The smallest absolute Gasteiger partial charge is 0.0175 e. The Morgan fingerprint density at radius 1 is 1.06 bits per heavy atom. The van der Waals surface area contributed by atoms with Crippen molar-refractivity contribution in [3.8, 4) is 0 Å². The van der Waals surface area contributed by atoms with E-state index in [1.165, 1.54) is 49.8 Å². The molecule has 2 aliphatic rings. The first-order valence-corrected chi connectivity index (χ1v) is 7.06. The second-order valence-electron chi connectivity index (χ2n) is 5.27. The molecule has 2 fully saturated rings. The van der Waals surface area contributed by atoms with Crippen molar-refractivity contribution < 1.29 is 0 Å². The van der Waals surface area contributed by atoms with Crippen LogP contribution in [0.25, 0.3) is 0 Å². The molecule has 1 aliphatic carbocycles. The molecule has 1 saturated heterocycles. The number of benzene rings is 1. The molecule has 86 valence electrons. The van der Waals surface area contributed by atoms with Gasteiger partial charge >= 0.3 is 0 Å². The van der Waals surface area contributed by atoms with Crippen LogP contribution in [0.15, 0.2) is 28.7 Å². The molecule has 0 bridgehead atoms. The molecule has 16 heavy (non-hydrogen) atoms. The van der Waals surface area contributed by atoms with Crippen LogP contribution in [-0.2, 0) is 5.41 Å². The number of hydrogen-bond donors (Lipinski definition) is 0. The van der Waals surface area contributed by atoms with Gasteiger partial charge in [-0.05, 0) is 56.5 Å². The molecule has 1 saturated carbocycles. The SMILES string of the molecule is Brc1ccc(C2(CN3CCCC3)CC2)cc1. The molecule has 0 aromatic heterocycles. The fourth-order valence-electron chi connectivity index (χ4n) is 2.86. The first-order chi connectivity index (χ1) is 7.78. The van der Waals surface area contributed by atoms with Crippen molar-refractivity contribution in [1.29, 1.82) is 0 Å². The predicted octanol–water partition coefficient (Wildman–Crippen LogP) is 3.58. The summed E-state index contributed by atoms with van der Waals surface area (Å²) in [5.74, 6) is 0. The summed E-state index contributed by atoms with van der Waals surface area (Å²) >= 11 is 3.51. The van der Waals surface area contributed by atoms with Crippen molar-refractivity contribution in [2.24, 2.45) is 0 Å². The molecule has 3 rings (SSSR count). The van der Waals surface area contributed by atoms with Crippen LogP contribution in [0.4, 0.5) is 0 Å². The van der Waals surface area contributed by atoms with Crippen molar-refractivity contribution in [3.63, 3.8) is 0 Å². The van der Waals surface area contributed by atoms with Crippen LogP contribution in [0.2, 0.25) is 0 Å². The molecule has 0 spiro atoms. The maximum Gasteiger partial charge on any atom is 0.0175 e. The lowest BCUT2D eigenvalue weighted by Crippen LogP contribution is -2.30. The number of rotatable bonds is 3. The molecule has 1 heterocycles. The maximum atomic E-state index is 3.51. The van der Waals surface area contributed by atoms with Crippen LogP contribution >= 0.6 is 15.9 Å². The minimum Gasteiger partial charge on any atom is -0.302 e. The van der Waals surface area contributed by atoms with E-state index < -0.39 is 0 Å². The van der Waals surface area contributed by atoms with E-state index in [9.17, 15) is 0 Å². The molecule has 0 radical (unpaired) electrons. The Labute approximate surface area is 106 Å². The van der Waals surface area contributed by atoms with Gasteiger partial charge in [0.15, 0.2) is 0 Å². The number of likely N-dealkylation sites (tertiary alicyclic amines) is 1. The van der Waals surface area contributed by atoms with Crippen molar-refractivity contribution >= 4 is 15.9 Å². The van der Waals surface area contributed by atoms with Crippen LogP contribution in [0.5, 0.6) is 0 Å². The number of hydrogen-bond acceptors (Lipinski definition) is 1. The van der Waals surface area contributed by atoms with Gasteiger partial charge < -0.3 is 4.90 Å². The molecule has 0 N–H and O–H groups in total. The monoisotopic (exact) mass is 279 g/mol. The zero-order valence-electron chi connectivity index (χ0n) is 9.58. The third-order valence-corrected chi connectivity index (χ3v) is 4.56. The Bertz CT molecular complexity index is 361. The summed E-state index contributed by atoms with van der Waals surface area (Å²) in [5.41, 5.74) is 2.05.